The van der Waals surface area contributed by atoms with Crippen molar-refractivity contribution in [3.63, 3.8) is 0 Å². The van der Waals surface area contributed by atoms with Crippen LogP contribution in [0.1, 0.15) is 25.8 Å². The van der Waals surface area contributed by atoms with Gasteiger partial charge in [-0.15, -0.1) is 0 Å². The van der Waals surface area contributed by atoms with Crippen molar-refractivity contribution in [1.29, 1.82) is 0 Å². The first-order valence-electron chi connectivity index (χ1n) is 6.32. The second-order valence-electron chi connectivity index (χ2n) is 4.71. The third-order valence-corrected chi connectivity index (χ3v) is 2.95. The van der Waals surface area contributed by atoms with Crippen LogP contribution in [0.15, 0.2) is 18.2 Å². The summed E-state index contributed by atoms with van der Waals surface area (Å²) in [5.41, 5.74) is 0.903. The van der Waals surface area contributed by atoms with Crippen molar-refractivity contribution in [2.24, 2.45) is 5.92 Å². The molecule has 1 aromatic rings. The minimum atomic E-state index is -0.305. The number of nitrogens with one attached hydrogen (secondary N) is 1. The molecule has 4 heteroatoms. The van der Waals surface area contributed by atoms with E-state index in [0.29, 0.717) is 24.1 Å². The Kier molecular flexibility index (Phi) is 7.25. The van der Waals surface area contributed by atoms with Crippen molar-refractivity contribution in [1.82, 2.24) is 5.32 Å². The van der Waals surface area contributed by atoms with Crippen LogP contribution >= 0.6 is 11.6 Å². The van der Waals surface area contributed by atoms with Crippen molar-refractivity contribution >= 4 is 11.6 Å². The summed E-state index contributed by atoms with van der Waals surface area (Å²) in [6.45, 7) is 7.25. The molecule has 0 saturated carbocycles. The van der Waals surface area contributed by atoms with Gasteiger partial charge in [0.05, 0.1) is 6.61 Å². The lowest BCUT2D eigenvalue weighted by Gasteiger charge is -2.08. The van der Waals surface area contributed by atoms with Gasteiger partial charge in [-0.25, -0.2) is 4.39 Å². The molecule has 0 fully saturated rings. The number of hydrogen-bond acceptors (Lipinski definition) is 2. The first-order chi connectivity index (χ1) is 8.59. The summed E-state index contributed by atoms with van der Waals surface area (Å²) in [7, 11) is 0. The highest BCUT2D eigenvalue weighted by Crippen LogP contribution is 2.16. The first kappa shape index (κ1) is 15.4. The SMILES string of the molecule is CC(C)CCOCCNCc1ccc(F)cc1Cl. The predicted molar refractivity (Wildman–Crippen MR) is 73.4 cm³/mol. The number of rotatable bonds is 8. The van der Waals surface area contributed by atoms with Gasteiger partial charge in [0.25, 0.3) is 0 Å². The van der Waals surface area contributed by atoms with Crippen molar-refractivity contribution in [3.05, 3.63) is 34.6 Å². The highest BCUT2D eigenvalue weighted by Gasteiger charge is 2.01. The summed E-state index contributed by atoms with van der Waals surface area (Å²) in [6, 6.07) is 4.45. The maximum absolute atomic E-state index is 12.8. The molecular formula is C14H21ClFNO. The quantitative estimate of drug-likeness (QED) is 0.731. The van der Waals surface area contributed by atoms with E-state index < -0.39 is 0 Å². The Morgan fingerprint density at radius 1 is 1.33 bits per heavy atom. The highest BCUT2D eigenvalue weighted by molar-refractivity contribution is 6.31. The fraction of sp³-hybridized carbons (Fsp3) is 0.571. The Morgan fingerprint density at radius 3 is 2.78 bits per heavy atom. The molecule has 2 nitrogen and oxygen atoms in total. The van der Waals surface area contributed by atoms with Crippen LogP contribution in [0.3, 0.4) is 0 Å². The molecule has 0 aliphatic carbocycles. The van der Waals surface area contributed by atoms with Crippen LogP contribution in [0.4, 0.5) is 4.39 Å². The monoisotopic (exact) mass is 273 g/mol. The Bertz CT molecular complexity index is 358. The summed E-state index contributed by atoms with van der Waals surface area (Å²) in [4.78, 5) is 0. The van der Waals surface area contributed by atoms with Gasteiger partial charge >= 0.3 is 0 Å². The molecule has 0 unspecified atom stereocenters. The van der Waals surface area contributed by atoms with Crippen molar-refractivity contribution in [2.45, 2.75) is 26.8 Å². The van der Waals surface area contributed by atoms with Crippen molar-refractivity contribution in [3.8, 4) is 0 Å². The average molecular weight is 274 g/mol. The van der Waals surface area contributed by atoms with E-state index in [0.717, 1.165) is 25.1 Å². The van der Waals surface area contributed by atoms with E-state index in [4.69, 9.17) is 16.3 Å². The maximum atomic E-state index is 12.8. The van der Waals surface area contributed by atoms with E-state index in [1.165, 1.54) is 12.1 Å². The van der Waals surface area contributed by atoms with Crippen LogP contribution in [-0.4, -0.2) is 19.8 Å². The van der Waals surface area contributed by atoms with Gasteiger partial charge in [-0.05, 0) is 30.0 Å². The Morgan fingerprint density at radius 2 is 2.11 bits per heavy atom. The van der Waals surface area contributed by atoms with E-state index in [1.54, 1.807) is 6.07 Å². The molecule has 0 atom stereocenters. The largest absolute Gasteiger partial charge is 0.380 e. The first-order valence-corrected chi connectivity index (χ1v) is 6.69. The lowest BCUT2D eigenvalue weighted by atomic mass is 10.1. The number of ether oxygens (including phenoxy) is 1. The van der Waals surface area contributed by atoms with E-state index >= 15 is 0 Å². The van der Waals surface area contributed by atoms with Gasteiger partial charge in [0.15, 0.2) is 0 Å². The molecule has 102 valence electrons. The molecule has 1 N–H and O–H groups in total. The van der Waals surface area contributed by atoms with Gasteiger partial charge in [0.1, 0.15) is 5.82 Å². The predicted octanol–water partition coefficient (Wildman–Crippen LogP) is 3.63. The van der Waals surface area contributed by atoms with Gasteiger partial charge in [-0.1, -0.05) is 31.5 Å². The lowest BCUT2D eigenvalue weighted by molar-refractivity contribution is 0.125. The highest BCUT2D eigenvalue weighted by atomic mass is 35.5. The normalized spacial score (nSPS) is 11.2. The molecule has 0 aliphatic heterocycles. The van der Waals surface area contributed by atoms with Gasteiger partial charge in [0, 0.05) is 24.7 Å². The van der Waals surface area contributed by atoms with Crippen LogP contribution in [-0.2, 0) is 11.3 Å². The van der Waals surface area contributed by atoms with Gasteiger partial charge in [0.2, 0.25) is 0 Å². The van der Waals surface area contributed by atoms with E-state index in [2.05, 4.69) is 19.2 Å². The fourth-order valence-electron chi connectivity index (χ4n) is 1.45. The van der Waals surface area contributed by atoms with Crippen LogP contribution in [0.5, 0.6) is 0 Å². The molecular weight excluding hydrogens is 253 g/mol. The molecule has 0 radical (unpaired) electrons. The minimum absolute atomic E-state index is 0.305. The molecule has 0 aromatic heterocycles. The molecule has 18 heavy (non-hydrogen) atoms. The smallest absolute Gasteiger partial charge is 0.124 e. The molecule has 0 spiro atoms. The lowest BCUT2D eigenvalue weighted by Crippen LogP contribution is -2.20. The second kappa shape index (κ2) is 8.46. The van der Waals surface area contributed by atoms with Crippen molar-refractivity contribution < 1.29 is 9.13 Å². The number of halogens is 2. The van der Waals surface area contributed by atoms with Crippen LogP contribution in [0.2, 0.25) is 5.02 Å². The average Bonchev–Trinajstić information content (AvgIpc) is 2.30. The fourth-order valence-corrected chi connectivity index (χ4v) is 1.69. The van der Waals surface area contributed by atoms with E-state index in [1.807, 2.05) is 0 Å². The van der Waals surface area contributed by atoms with E-state index in [-0.39, 0.29) is 5.82 Å². The van der Waals surface area contributed by atoms with Crippen molar-refractivity contribution in [2.75, 3.05) is 19.8 Å². The zero-order valence-corrected chi connectivity index (χ0v) is 11.8. The standard InChI is InChI=1S/C14H21ClFNO/c1-11(2)5-7-18-8-6-17-10-12-3-4-13(16)9-14(12)15/h3-4,9,11,17H,5-8,10H2,1-2H3. The van der Waals surface area contributed by atoms with Gasteiger partial charge < -0.3 is 10.1 Å². The molecule has 1 rings (SSSR count). The zero-order valence-electron chi connectivity index (χ0n) is 11.0. The molecule has 0 bridgehead atoms. The molecule has 0 aliphatic rings. The molecule has 0 amide bonds. The topological polar surface area (TPSA) is 21.3 Å². The third kappa shape index (κ3) is 6.34. The van der Waals surface area contributed by atoms with Gasteiger partial charge in [-0.2, -0.15) is 0 Å². The summed E-state index contributed by atoms with van der Waals surface area (Å²) in [5.74, 6) is 0.372. The van der Waals surface area contributed by atoms with Crippen LogP contribution in [0, 0.1) is 11.7 Å². The van der Waals surface area contributed by atoms with Crippen LogP contribution < -0.4 is 5.32 Å². The van der Waals surface area contributed by atoms with E-state index in [9.17, 15) is 4.39 Å². The second-order valence-corrected chi connectivity index (χ2v) is 5.11. The third-order valence-electron chi connectivity index (χ3n) is 2.59. The summed E-state index contributed by atoms with van der Waals surface area (Å²) >= 11 is 5.92. The summed E-state index contributed by atoms with van der Waals surface area (Å²) in [5, 5.41) is 3.68. The number of benzene rings is 1. The molecule has 0 heterocycles. The summed E-state index contributed by atoms with van der Waals surface area (Å²) < 4.78 is 18.3. The Labute approximate surface area is 113 Å². The zero-order chi connectivity index (χ0) is 13.4. The summed E-state index contributed by atoms with van der Waals surface area (Å²) in [6.07, 6.45) is 1.09. The Hall–Kier alpha value is -0.640. The Balaban J connectivity index is 2.11. The number of hydrogen-bond donors (Lipinski definition) is 1. The maximum Gasteiger partial charge on any atom is 0.124 e. The molecule has 0 saturated heterocycles. The van der Waals surface area contributed by atoms with Gasteiger partial charge in [-0.3, -0.25) is 0 Å². The van der Waals surface area contributed by atoms with Crippen LogP contribution in [0.25, 0.3) is 0 Å². The minimum Gasteiger partial charge on any atom is -0.380 e. The molecule has 1 aromatic carbocycles.